The van der Waals surface area contributed by atoms with E-state index in [4.69, 9.17) is 5.11 Å². The molecule has 0 unspecified atom stereocenters. The molecule has 1 rings (SSSR count). The Morgan fingerprint density at radius 1 is 1.35 bits per heavy atom. The summed E-state index contributed by atoms with van der Waals surface area (Å²) in [5.74, 6) is -0.947. The van der Waals surface area contributed by atoms with Crippen LogP contribution in [0.4, 0.5) is 0 Å². The highest BCUT2D eigenvalue weighted by Crippen LogP contribution is 2.20. The number of thiophene rings is 1. The first-order valence-corrected chi connectivity index (χ1v) is 6.35. The number of carbonyl (C=O) groups is 2. The van der Waals surface area contributed by atoms with Gasteiger partial charge in [-0.2, -0.15) is 0 Å². The Bertz CT molecular complexity index is 392. The minimum Gasteiger partial charge on any atom is -0.481 e. The van der Waals surface area contributed by atoms with Crippen LogP contribution in [0.3, 0.4) is 0 Å². The summed E-state index contributed by atoms with van der Waals surface area (Å²) in [6, 6.07) is 2.07. The lowest BCUT2D eigenvalue weighted by atomic mass is 10.2. The maximum atomic E-state index is 11.4. The van der Waals surface area contributed by atoms with E-state index in [0.717, 1.165) is 4.88 Å². The van der Waals surface area contributed by atoms with Gasteiger partial charge >= 0.3 is 5.97 Å². The van der Waals surface area contributed by atoms with Crippen LogP contribution in [0.1, 0.15) is 34.6 Å². The van der Waals surface area contributed by atoms with Crippen LogP contribution in [-0.2, 0) is 16.1 Å². The molecule has 2 N–H and O–H groups in total. The number of aryl methyl sites for hydroxylation is 2. The van der Waals surface area contributed by atoms with Gasteiger partial charge in [-0.05, 0) is 31.9 Å². The molecule has 4 nitrogen and oxygen atoms in total. The zero-order chi connectivity index (χ0) is 12.8. The van der Waals surface area contributed by atoms with Crippen LogP contribution in [0, 0.1) is 13.8 Å². The van der Waals surface area contributed by atoms with Crippen molar-refractivity contribution < 1.29 is 14.7 Å². The number of aliphatic carboxylic acids is 1. The predicted octanol–water partition coefficient (Wildman–Crippen LogP) is 2.24. The Morgan fingerprint density at radius 2 is 2.06 bits per heavy atom. The molecule has 0 aliphatic rings. The number of carbonyl (C=O) groups excluding carboxylic acids is 1. The summed E-state index contributed by atoms with van der Waals surface area (Å²) in [5, 5.41) is 11.2. The highest BCUT2D eigenvalue weighted by atomic mass is 32.1. The van der Waals surface area contributed by atoms with Gasteiger partial charge in [0.15, 0.2) is 0 Å². The molecule has 94 valence electrons. The van der Waals surface area contributed by atoms with Crippen molar-refractivity contribution in [2.45, 2.75) is 39.7 Å². The molecule has 1 amide bonds. The third kappa shape index (κ3) is 4.99. The lowest BCUT2D eigenvalue weighted by Gasteiger charge is -2.02. The van der Waals surface area contributed by atoms with Gasteiger partial charge in [-0.3, -0.25) is 9.59 Å². The standard InChI is InChI=1S/C12H17NO3S/c1-8-6-10(17-9(8)2)7-13-11(14)4-3-5-12(15)16/h6H,3-5,7H2,1-2H3,(H,13,14)(H,15,16). The summed E-state index contributed by atoms with van der Waals surface area (Å²) in [7, 11) is 0. The van der Waals surface area contributed by atoms with Crippen molar-refractivity contribution in [1.82, 2.24) is 5.32 Å². The Morgan fingerprint density at radius 3 is 2.59 bits per heavy atom. The lowest BCUT2D eigenvalue weighted by Crippen LogP contribution is -2.22. The van der Waals surface area contributed by atoms with Crippen molar-refractivity contribution >= 4 is 23.2 Å². The minimum atomic E-state index is -0.859. The molecule has 5 heteroatoms. The summed E-state index contributed by atoms with van der Waals surface area (Å²) in [4.78, 5) is 24.1. The Labute approximate surface area is 105 Å². The SMILES string of the molecule is Cc1cc(CNC(=O)CCCC(=O)O)sc1C. The molecule has 1 heterocycles. The van der Waals surface area contributed by atoms with E-state index >= 15 is 0 Å². The zero-order valence-electron chi connectivity index (χ0n) is 10.1. The van der Waals surface area contributed by atoms with Gasteiger partial charge in [-0.15, -0.1) is 11.3 Å². The first-order valence-electron chi connectivity index (χ1n) is 5.53. The summed E-state index contributed by atoms with van der Waals surface area (Å²) in [6.07, 6.45) is 0.712. The van der Waals surface area contributed by atoms with Gasteiger partial charge in [0.2, 0.25) is 5.91 Å². The zero-order valence-corrected chi connectivity index (χ0v) is 10.9. The predicted molar refractivity (Wildman–Crippen MR) is 67.1 cm³/mol. The molecule has 1 aromatic heterocycles. The second-order valence-corrected chi connectivity index (χ2v) is 5.32. The monoisotopic (exact) mass is 255 g/mol. The topological polar surface area (TPSA) is 66.4 Å². The smallest absolute Gasteiger partial charge is 0.303 e. The maximum absolute atomic E-state index is 11.4. The first-order chi connectivity index (χ1) is 7.99. The van der Waals surface area contributed by atoms with Crippen LogP contribution < -0.4 is 5.32 Å². The van der Waals surface area contributed by atoms with Gasteiger partial charge in [-0.25, -0.2) is 0 Å². The Kier molecular flexibility index (Phi) is 5.15. The van der Waals surface area contributed by atoms with E-state index in [0.29, 0.717) is 13.0 Å². The molecule has 0 aliphatic carbocycles. The average Bonchev–Trinajstić information content (AvgIpc) is 2.55. The molecular weight excluding hydrogens is 238 g/mol. The summed E-state index contributed by atoms with van der Waals surface area (Å²) in [5.41, 5.74) is 1.24. The van der Waals surface area contributed by atoms with Crippen molar-refractivity contribution in [3.05, 3.63) is 21.4 Å². The number of amides is 1. The normalized spacial score (nSPS) is 10.2. The second kappa shape index (κ2) is 6.39. The molecule has 0 radical (unpaired) electrons. The van der Waals surface area contributed by atoms with Crippen molar-refractivity contribution in [3.63, 3.8) is 0 Å². The first kappa shape index (κ1) is 13.7. The van der Waals surface area contributed by atoms with Gasteiger partial charge in [0.1, 0.15) is 0 Å². The maximum Gasteiger partial charge on any atom is 0.303 e. The highest BCUT2D eigenvalue weighted by Gasteiger charge is 2.05. The van der Waals surface area contributed by atoms with E-state index in [-0.39, 0.29) is 18.7 Å². The van der Waals surface area contributed by atoms with Crippen LogP contribution in [-0.4, -0.2) is 17.0 Å². The third-order valence-electron chi connectivity index (χ3n) is 2.47. The number of hydrogen-bond acceptors (Lipinski definition) is 3. The van der Waals surface area contributed by atoms with E-state index in [1.807, 2.05) is 6.92 Å². The van der Waals surface area contributed by atoms with Crippen LogP contribution in [0.25, 0.3) is 0 Å². The van der Waals surface area contributed by atoms with E-state index in [9.17, 15) is 9.59 Å². The minimum absolute atomic E-state index is 0.0463. The molecule has 0 fully saturated rings. The van der Waals surface area contributed by atoms with Crippen LogP contribution >= 0.6 is 11.3 Å². The fourth-order valence-electron chi connectivity index (χ4n) is 1.41. The highest BCUT2D eigenvalue weighted by molar-refractivity contribution is 7.12. The Balaban J connectivity index is 2.26. The van der Waals surface area contributed by atoms with Crippen molar-refractivity contribution in [1.29, 1.82) is 0 Å². The number of carboxylic acids is 1. The molecule has 0 saturated carbocycles. The van der Waals surface area contributed by atoms with E-state index in [1.165, 1.54) is 10.4 Å². The second-order valence-electron chi connectivity index (χ2n) is 3.98. The van der Waals surface area contributed by atoms with Gasteiger partial charge in [0.05, 0.1) is 6.54 Å². The summed E-state index contributed by atoms with van der Waals surface area (Å²) < 4.78 is 0. The van der Waals surface area contributed by atoms with Crippen LogP contribution in [0.2, 0.25) is 0 Å². The summed E-state index contributed by atoms with van der Waals surface area (Å²) in [6.45, 7) is 4.63. The van der Waals surface area contributed by atoms with E-state index < -0.39 is 5.97 Å². The van der Waals surface area contributed by atoms with E-state index in [1.54, 1.807) is 11.3 Å². The number of rotatable bonds is 6. The average molecular weight is 255 g/mol. The van der Waals surface area contributed by atoms with Crippen molar-refractivity contribution in [2.24, 2.45) is 0 Å². The number of nitrogens with one attached hydrogen (secondary N) is 1. The molecule has 0 aliphatic heterocycles. The Hall–Kier alpha value is -1.36. The fraction of sp³-hybridized carbons (Fsp3) is 0.500. The van der Waals surface area contributed by atoms with Crippen LogP contribution in [0.15, 0.2) is 6.07 Å². The van der Waals surface area contributed by atoms with Gasteiger partial charge < -0.3 is 10.4 Å². The molecule has 0 saturated heterocycles. The molecule has 17 heavy (non-hydrogen) atoms. The number of carboxylic acid groups (broad SMARTS) is 1. The molecule has 0 bridgehead atoms. The number of hydrogen-bond donors (Lipinski definition) is 2. The quantitative estimate of drug-likeness (QED) is 0.819. The lowest BCUT2D eigenvalue weighted by molar-refractivity contribution is -0.137. The largest absolute Gasteiger partial charge is 0.481 e. The molecular formula is C12H17NO3S. The molecule has 0 atom stereocenters. The van der Waals surface area contributed by atoms with E-state index in [2.05, 4.69) is 18.3 Å². The van der Waals surface area contributed by atoms with Crippen LogP contribution in [0.5, 0.6) is 0 Å². The molecule has 1 aromatic rings. The third-order valence-corrected chi connectivity index (χ3v) is 3.62. The molecule has 0 aromatic carbocycles. The van der Waals surface area contributed by atoms with Gasteiger partial charge in [0.25, 0.3) is 0 Å². The molecule has 0 spiro atoms. The van der Waals surface area contributed by atoms with Gasteiger partial charge in [0, 0.05) is 22.6 Å². The van der Waals surface area contributed by atoms with Crippen molar-refractivity contribution in [3.8, 4) is 0 Å². The fourth-order valence-corrected chi connectivity index (χ4v) is 2.40. The summed E-state index contributed by atoms with van der Waals surface area (Å²) >= 11 is 1.68. The van der Waals surface area contributed by atoms with Gasteiger partial charge in [-0.1, -0.05) is 0 Å². The van der Waals surface area contributed by atoms with Crippen molar-refractivity contribution in [2.75, 3.05) is 0 Å².